The third-order valence-electron chi connectivity index (χ3n) is 7.11. The van der Waals surface area contributed by atoms with Crippen LogP contribution in [0.1, 0.15) is 44.6 Å². The first-order valence-corrected chi connectivity index (χ1v) is 18.9. The fraction of sp³-hybridized carbons (Fsp3) is 0.722. The number of rotatable bonds is 36. The molecular weight excluding hydrogens is 687 g/mol. The molecule has 0 aliphatic rings. The number of unbranched alkanes of at least 4 members (excludes halogenated alkanes) is 1. The van der Waals surface area contributed by atoms with Crippen molar-refractivity contribution in [1.82, 2.24) is 16.0 Å². The highest BCUT2D eigenvalue weighted by molar-refractivity contribution is 6.18. The summed E-state index contributed by atoms with van der Waals surface area (Å²) < 4.78 is 33.1. The number of carbonyl (C=O) groups excluding carboxylic acids is 2. The molecule has 0 heterocycles. The van der Waals surface area contributed by atoms with Crippen molar-refractivity contribution in [3.8, 4) is 0 Å². The summed E-state index contributed by atoms with van der Waals surface area (Å²) in [6, 6.07) is 8.54. The second-order valence-corrected chi connectivity index (χ2v) is 12.2. The predicted molar refractivity (Wildman–Crippen MR) is 201 cm³/mol. The monoisotopic (exact) mass is 748 g/mol. The van der Waals surface area contributed by atoms with Crippen LogP contribution in [0.3, 0.4) is 0 Å². The maximum Gasteiger partial charge on any atom is 0.246 e. The molecule has 0 saturated heterocycles. The summed E-state index contributed by atoms with van der Waals surface area (Å²) >= 11 is 11.8. The number of halogens is 2. The van der Waals surface area contributed by atoms with E-state index in [4.69, 9.17) is 51.6 Å². The number of amides is 2. The summed E-state index contributed by atoms with van der Waals surface area (Å²) in [7, 11) is 0. The van der Waals surface area contributed by atoms with Crippen LogP contribution in [0.25, 0.3) is 0 Å². The van der Waals surface area contributed by atoms with E-state index in [0.717, 1.165) is 70.8 Å². The molecule has 1 aromatic carbocycles. The van der Waals surface area contributed by atoms with E-state index in [1.54, 1.807) is 6.92 Å². The van der Waals surface area contributed by atoms with Gasteiger partial charge in [0.1, 0.15) is 0 Å². The highest BCUT2D eigenvalue weighted by atomic mass is 35.5. The van der Waals surface area contributed by atoms with Gasteiger partial charge in [-0.25, -0.2) is 0 Å². The lowest BCUT2D eigenvalue weighted by Crippen LogP contribution is -2.27. The Morgan fingerprint density at radius 2 is 1.14 bits per heavy atom. The maximum atomic E-state index is 11.9. The molecule has 14 heteroatoms. The molecule has 0 aliphatic heterocycles. The van der Waals surface area contributed by atoms with E-state index in [1.165, 1.54) is 5.56 Å². The van der Waals surface area contributed by atoms with E-state index in [2.05, 4.69) is 51.7 Å². The molecule has 288 valence electrons. The number of ether oxygens (including phenoxy) is 6. The van der Waals surface area contributed by atoms with Gasteiger partial charge in [0, 0.05) is 88.6 Å². The third-order valence-corrected chi connectivity index (χ3v) is 7.44. The lowest BCUT2D eigenvalue weighted by atomic mass is 10.2. The number of nitrogens with zero attached hydrogens (tertiary/aromatic N) is 1. The molecule has 0 fully saturated rings. The van der Waals surface area contributed by atoms with Crippen molar-refractivity contribution in [3.05, 3.63) is 42.0 Å². The Kier molecular flexibility index (Phi) is 31.4. The van der Waals surface area contributed by atoms with E-state index in [0.29, 0.717) is 103 Å². The Bertz CT molecular complexity index is 972. The predicted octanol–water partition coefficient (Wildman–Crippen LogP) is 3.92. The van der Waals surface area contributed by atoms with Gasteiger partial charge in [0.05, 0.1) is 52.9 Å². The Balaban J connectivity index is 1.77. The summed E-state index contributed by atoms with van der Waals surface area (Å²) in [5, 5.41) is 9.05. The quantitative estimate of drug-likeness (QED) is 0.0528. The number of carbonyl (C=O) groups is 2. The van der Waals surface area contributed by atoms with Crippen LogP contribution in [0.5, 0.6) is 0 Å². The molecule has 0 aliphatic carbocycles. The molecular formula is C36H62Cl2N4O8. The number of benzene rings is 1. The van der Waals surface area contributed by atoms with Crippen molar-refractivity contribution in [1.29, 1.82) is 0 Å². The maximum absolute atomic E-state index is 11.9. The van der Waals surface area contributed by atoms with Crippen LogP contribution in [0.4, 0.5) is 5.69 Å². The lowest BCUT2D eigenvalue weighted by molar-refractivity contribution is -0.122. The zero-order valence-corrected chi connectivity index (χ0v) is 31.7. The molecule has 1 aromatic rings. The average molecular weight is 750 g/mol. The first-order valence-electron chi connectivity index (χ1n) is 17.8. The van der Waals surface area contributed by atoms with Crippen LogP contribution < -0.4 is 20.9 Å². The number of hydrogen-bond donors (Lipinski definition) is 3. The van der Waals surface area contributed by atoms with Crippen LogP contribution >= 0.6 is 23.2 Å². The van der Waals surface area contributed by atoms with Crippen LogP contribution in [-0.4, -0.2) is 136 Å². The normalized spacial score (nSPS) is 11.1. The molecule has 0 atom stereocenters. The SMILES string of the molecule is C=C(C)C(=O)NCCOCCOCCOCCOCCC(=O)NCCCOCCCCOCCCNCc1ccc(N(CCCl)CCCl)cc1. The van der Waals surface area contributed by atoms with E-state index in [9.17, 15) is 9.59 Å². The molecule has 0 aromatic heterocycles. The van der Waals surface area contributed by atoms with Crippen molar-refractivity contribution < 1.29 is 38.0 Å². The van der Waals surface area contributed by atoms with E-state index < -0.39 is 0 Å². The van der Waals surface area contributed by atoms with Gasteiger partial charge in [-0.3, -0.25) is 9.59 Å². The van der Waals surface area contributed by atoms with Gasteiger partial charge in [0.2, 0.25) is 11.8 Å². The van der Waals surface area contributed by atoms with Crippen LogP contribution in [0.2, 0.25) is 0 Å². The minimum absolute atomic E-state index is 0.0329. The minimum atomic E-state index is -0.169. The van der Waals surface area contributed by atoms with Crippen molar-refractivity contribution in [2.24, 2.45) is 0 Å². The van der Waals surface area contributed by atoms with Gasteiger partial charge >= 0.3 is 0 Å². The molecule has 2 amide bonds. The Morgan fingerprint density at radius 3 is 1.70 bits per heavy atom. The first kappa shape index (κ1) is 46.0. The lowest BCUT2D eigenvalue weighted by Gasteiger charge is -2.23. The second-order valence-electron chi connectivity index (χ2n) is 11.4. The van der Waals surface area contributed by atoms with Gasteiger partial charge in [0.25, 0.3) is 0 Å². The zero-order chi connectivity index (χ0) is 36.3. The van der Waals surface area contributed by atoms with Crippen molar-refractivity contribution in [2.45, 2.75) is 45.6 Å². The molecule has 0 radical (unpaired) electrons. The van der Waals surface area contributed by atoms with Gasteiger partial charge in [-0.2, -0.15) is 0 Å². The molecule has 12 nitrogen and oxygen atoms in total. The van der Waals surface area contributed by atoms with Crippen LogP contribution in [-0.2, 0) is 44.6 Å². The van der Waals surface area contributed by atoms with Crippen molar-refractivity contribution in [3.63, 3.8) is 0 Å². The highest BCUT2D eigenvalue weighted by Crippen LogP contribution is 2.15. The largest absolute Gasteiger partial charge is 0.381 e. The minimum Gasteiger partial charge on any atom is -0.381 e. The molecule has 0 saturated carbocycles. The molecule has 0 bridgehead atoms. The Morgan fingerprint density at radius 1 is 0.640 bits per heavy atom. The number of anilines is 1. The number of alkyl halides is 2. The smallest absolute Gasteiger partial charge is 0.246 e. The standard InChI is InChI=1S/C36H62Cl2N4O8/c1-32(2)36(44)41-16-24-48-26-28-50-30-29-49-27-25-47-23-11-35(43)40-15-6-22-46-20-4-3-19-45-21-5-14-39-31-33-7-9-34(10-8-33)42(17-12-37)18-13-38/h7-10,39H,1,3-6,11-31H2,2H3,(H,40,43)(H,41,44). The summed E-state index contributed by atoms with van der Waals surface area (Å²) in [5.74, 6) is 0.959. The average Bonchev–Trinajstić information content (AvgIpc) is 3.11. The van der Waals surface area contributed by atoms with Gasteiger partial charge in [-0.1, -0.05) is 18.7 Å². The molecule has 50 heavy (non-hydrogen) atoms. The summed E-state index contributed by atoms with van der Waals surface area (Å²) in [5.41, 5.74) is 2.87. The van der Waals surface area contributed by atoms with E-state index in [1.807, 2.05) is 0 Å². The van der Waals surface area contributed by atoms with Crippen LogP contribution in [0, 0.1) is 0 Å². The third kappa shape index (κ3) is 27.7. The van der Waals surface area contributed by atoms with E-state index in [-0.39, 0.29) is 11.8 Å². The number of hydrogen-bond acceptors (Lipinski definition) is 10. The van der Waals surface area contributed by atoms with Gasteiger partial charge in [0.15, 0.2) is 0 Å². The number of nitrogens with one attached hydrogen (secondary N) is 3. The Hall–Kier alpha value is -2.00. The fourth-order valence-corrected chi connectivity index (χ4v) is 4.76. The van der Waals surface area contributed by atoms with Crippen molar-refractivity contribution >= 4 is 40.7 Å². The van der Waals surface area contributed by atoms with Gasteiger partial charge in [-0.05, 0) is 56.8 Å². The first-order chi connectivity index (χ1) is 24.5. The molecule has 3 N–H and O–H groups in total. The summed E-state index contributed by atoms with van der Waals surface area (Å²) in [6.07, 6.45) is 3.98. The van der Waals surface area contributed by atoms with Crippen molar-refractivity contribution in [2.75, 3.05) is 129 Å². The molecule has 1 rings (SSSR count). The fourth-order valence-electron chi connectivity index (χ4n) is 4.35. The van der Waals surface area contributed by atoms with Gasteiger partial charge < -0.3 is 49.3 Å². The summed E-state index contributed by atoms with van der Waals surface area (Å²) in [4.78, 5) is 25.4. The topological polar surface area (TPSA) is 129 Å². The van der Waals surface area contributed by atoms with E-state index >= 15 is 0 Å². The zero-order valence-electron chi connectivity index (χ0n) is 30.2. The second kappa shape index (κ2) is 34.1. The molecule has 0 spiro atoms. The Labute approximate surface area is 310 Å². The van der Waals surface area contributed by atoms with Crippen LogP contribution in [0.15, 0.2) is 36.4 Å². The molecule has 0 unspecified atom stereocenters. The highest BCUT2D eigenvalue weighted by Gasteiger charge is 2.06. The van der Waals surface area contributed by atoms with Gasteiger partial charge in [-0.15, -0.1) is 23.2 Å². The summed E-state index contributed by atoms with van der Waals surface area (Å²) in [6.45, 7) is 15.8.